The largest absolute Gasteiger partial charge is 0.345 e. The van der Waals surface area contributed by atoms with Crippen LogP contribution in [0.3, 0.4) is 0 Å². The van der Waals surface area contributed by atoms with E-state index in [4.69, 9.17) is 0 Å². The third-order valence-electron chi connectivity index (χ3n) is 3.91. The van der Waals surface area contributed by atoms with Gasteiger partial charge in [-0.25, -0.2) is 0 Å². The van der Waals surface area contributed by atoms with E-state index in [2.05, 4.69) is 23.6 Å². The van der Waals surface area contributed by atoms with Crippen molar-refractivity contribution < 1.29 is 13.5 Å². The lowest BCUT2D eigenvalue weighted by molar-refractivity contribution is -0.183. The highest BCUT2D eigenvalue weighted by Crippen LogP contribution is 2.43. The summed E-state index contributed by atoms with van der Waals surface area (Å²) in [6, 6.07) is 0.442. The zero-order valence-corrected chi connectivity index (χ0v) is 8.67. The number of piperidine rings is 1. The first-order chi connectivity index (χ1) is 6.51. The van der Waals surface area contributed by atoms with Crippen LogP contribution in [-0.2, 0) is 4.74 Å². The van der Waals surface area contributed by atoms with Crippen LogP contribution in [0.2, 0.25) is 0 Å². The molecule has 0 aromatic heterocycles. The number of hydrogen-bond acceptors (Lipinski definition) is 2. The highest BCUT2D eigenvalue weighted by atomic mass is 19.3. The van der Waals surface area contributed by atoms with Gasteiger partial charge in [0.15, 0.2) is 0 Å². The van der Waals surface area contributed by atoms with Crippen molar-refractivity contribution >= 4 is 0 Å². The lowest BCUT2D eigenvalue weighted by Crippen LogP contribution is -2.50. The second-order valence-corrected chi connectivity index (χ2v) is 4.76. The molecule has 2 aliphatic rings. The van der Waals surface area contributed by atoms with Crippen LogP contribution < -0.4 is 0 Å². The summed E-state index contributed by atoms with van der Waals surface area (Å²) in [5.41, 5.74) is 0.0858. The maximum Gasteiger partial charge on any atom is 0.345 e. The Morgan fingerprint density at radius 3 is 2.79 bits per heavy atom. The Balaban J connectivity index is 2.02. The van der Waals surface area contributed by atoms with Crippen LogP contribution in [0.15, 0.2) is 0 Å². The van der Waals surface area contributed by atoms with Gasteiger partial charge in [0.05, 0.1) is 6.10 Å². The quantitative estimate of drug-likeness (QED) is 0.685. The van der Waals surface area contributed by atoms with Gasteiger partial charge in [-0.05, 0) is 39.7 Å². The van der Waals surface area contributed by atoms with Gasteiger partial charge in [0.2, 0.25) is 0 Å². The van der Waals surface area contributed by atoms with Crippen molar-refractivity contribution in [1.82, 2.24) is 4.90 Å². The first kappa shape index (κ1) is 10.3. The second kappa shape index (κ2) is 3.42. The fourth-order valence-electron chi connectivity index (χ4n) is 2.94. The summed E-state index contributed by atoms with van der Waals surface area (Å²) in [6.45, 7) is -0.472. The van der Waals surface area contributed by atoms with Gasteiger partial charge < -0.3 is 4.74 Å². The van der Waals surface area contributed by atoms with Gasteiger partial charge in [-0.15, -0.1) is 0 Å². The average molecular weight is 205 g/mol. The van der Waals surface area contributed by atoms with Gasteiger partial charge in [0, 0.05) is 11.6 Å². The molecule has 4 heteroatoms. The molecule has 0 amide bonds. The van der Waals surface area contributed by atoms with Gasteiger partial charge in [-0.3, -0.25) is 4.90 Å². The third-order valence-corrected chi connectivity index (χ3v) is 3.91. The molecule has 14 heavy (non-hydrogen) atoms. The van der Waals surface area contributed by atoms with E-state index in [0.717, 1.165) is 25.7 Å². The molecule has 2 fully saturated rings. The highest BCUT2D eigenvalue weighted by Gasteiger charge is 2.47. The summed E-state index contributed by atoms with van der Waals surface area (Å²) in [4.78, 5) is 2.33. The zero-order chi connectivity index (χ0) is 10.3. The molecule has 0 spiro atoms. The van der Waals surface area contributed by atoms with Crippen LogP contribution in [-0.4, -0.2) is 36.2 Å². The first-order valence-corrected chi connectivity index (χ1v) is 5.18. The SMILES string of the molecule is CN1C2CC[C@]1(C)CC(OC(F)F)C2. The minimum atomic E-state index is -2.62. The van der Waals surface area contributed by atoms with Crippen molar-refractivity contribution in [3.63, 3.8) is 0 Å². The fourth-order valence-corrected chi connectivity index (χ4v) is 2.94. The summed E-state index contributed by atoms with van der Waals surface area (Å²) < 4.78 is 28.8. The molecule has 2 rings (SSSR count). The molecule has 0 aromatic carbocycles. The molecule has 0 N–H and O–H groups in total. The molecule has 3 atom stereocenters. The second-order valence-electron chi connectivity index (χ2n) is 4.76. The number of ether oxygens (including phenoxy) is 1. The van der Waals surface area contributed by atoms with Crippen molar-refractivity contribution in [2.24, 2.45) is 0 Å². The Bertz CT molecular complexity index is 224. The van der Waals surface area contributed by atoms with Gasteiger partial charge in [-0.1, -0.05) is 0 Å². The van der Waals surface area contributed by atoms with Crippen LogP contribution in [0.5, 0.6) is 0 Å². The van der Waals surface area contributed by atoms with Crippen molar-refractivity contribution in [3.05, 3.63) is 0 Å². The predicted octanol–water partition coefficient (Wildman–Crippen LogP) is 2.24. The van der Waals surface area contributed by atoms with E-state index in [0.29, 0.717) is 6.04 Å². The molecule has 0 radical (unpaired) electrons. The fraction of sp³-hybridized carbons (Fsp3) is 1.00. The standard InChI is InChI=1S/C10H17F2NO/c1-10-4-3-7(13(10)2)5-8(6-10)14-9(11)12/h7-9H,3-6H2,1-2H3/t7?,8?,10-/m1/s1. The Hall–Kier alpha value is -0.220. The molecule has 2 saturated heterocycles. The number of halogens is 2. The predicted molar refractivity (Wildman–Crippen MR) is 49.3 cm³/mol. The molecule has 0 aliphatic carbocycles. The Morgan fingerprint density at radius 1 is 1.50 bits per heavy atom. The summed E-state index contributed by atoms with van der Waals surface area (Å²) in [5, 5.41) is 0. The van der Waals surface area contributed by atoms with Crippen molar-refractivity contribution in [1.29, 1.82) is 0 Å². The number of nitrogens with zero attached hydrogens (tertiary/aromatic N) is 1. The van der Waals surface area contributed by atoms with E-state index in [-0.39, 0.29) is 11.6 Å². The van der Waals surface area contributed by atoms with E-state index in [9.17, 15) is 8.78 Å². The Labute approximate surface area is 83.2 Å². The van der Waals surface area contributed by atoms with Crippen LogP contribution in [0.25, 0.3) is 0 Å². The van der Waals surface area contributed by atoms with E-state index < -0.39 is 6.61 Å². The van der Waals surface area contributed by atoms with Gasteiger partial charge in [-0.2, -0.15) is 8.78 Å². The Kier molecular flexibility index (Phi) is 2.52. The third kappa shape index (κ3) is 1.65. The van der Waals surface area contributed by atoms with E-state index in [1.165, 1.54) is 0 Å². The highest BCUT2D eigenvalue weighted by molar-refractivity contribution is 5.02. The number of hydrogen-bond donors (Lipinski definition) is 0. The maximum atomic E-state index is 12.1. The zero-order valence-electron chi connectivity index (χ0n) is 8.67. The van der Waals surface area contributed by atoms with E-state index in [1.807, 2.05) is 0 Å². The topological polar surface area (TPSA) is 12.5 Å². The number of fused-ring (bicyclic) bond motifs is 2. The molecule has 2 heterocycles. The minimum absolute atomic E-state index is 0.0858. The normalized spacial score (nSPS) is 43.5. The van der Waals surface area contributed by atoms with E-state index >= 15 is 0 Å². The molecular weight excluding hydrogens is 188 g/mol. The number of alkyl halides is 2. The molecule has 82 valence electrons. The van der Waals surface area contributed by atoms with E-state index in [1.54, 1.807) is 0 Å². The van der Waals surface area contributed by atoms with Gasteiger partial charge in [0.1, 0.15) is 0 Å². The van der Waals surface area contributed by atoms with Crippen molar-refractivity contribution in [2.45, 2.75) is 56.9 Å². The lowest BCUT2D eigenvalue weighted by Gasteiger charge is -2.43. The molecule has 2 aliphatic heterocycles. The molecule has 0 saturated carbocycles. The molecule has 2 bridgehead atoms. The molecule has 2 unspecified atom stereocenters. The molecule has 0 aromatic rings. The monoisotopic (exact) mass is 205 g/mol. The summed E-state index contributed by atoms with van der Waals surface area (Å²) >= 11 is 0. The van der Waals surface area contributed by atoms with Crippen LogP contribution >= 0.6 is 0 Å². The summed E-state index contributed by atoms with van der Waals surface area (Å²) in [7, 11) is 2.09. The molecule has 2 nitrogen and oxygen atoms in total. The van der Waals surface area contributed by atoms with Crippen LogP contribution in [0.4, 0.5) is 8.78 Å². The number of rotatable bonds is 2. The van der Waals surface area contributed by atoms with Crippen LogP contribution in [0.1, 0.15) is 32.6 Å². The van der Waals surface area contributed by atoms with Crippen molar-refractivity contribution in [2.75, 3.05) is 7.05 Å². The lowest BCUT2D eigenvalue weighted by atomic mass is 9.89. The minimum Gasteiger partial charge on any atom is -0.319 e. The summed E-state index contributed by atoms with van der Waals surface area (Å²) in [5.74, 6) is 0. The van der Waals surface area contributed by atoms with Crippen LogP contribution in [0, 0.1) is 0 Å². The first-order valence-electron chi connectivity index (χ1n) is 5.18. The smallest absolute Gasteiger partial charge is 0.319 e. The molecular formula is C10H17F2NO. The van der Waals surface area contributed by atoms with Gasteiger partial charge >= 0.3 is 6.61 Å². The maximum absolute atomic E-state index is 12.1. The summed E-state index contributed by atoms with van der Waals surface area (Å²) in [6.07, 6.45) is 3.48. The van der Waals surface area contributed by atoms with Gasteiger partial charge in [0.25, 0.3) is 0 Å². The Morgan fingerprint density at radius 2 is 2.21 bits per heavy atom. The average Bonchev–Trinajstić information content (AvgIpc) is 2.30. The van der Waals surface area contributed by atoms with Crippen molar-refractivity contribution in [3.8, 4) is 0 Å².